The van der Waals surface area contributed by atoms with Crippen LogP contribution < -0.4 is 4.74 Å². The summed E-state index contributed by atoms with van der Waals surface area (Å²) < 4.78 is 10.3. The van der Waals surface area contributed by atoms with Gasteiger partial charge in [0.05, 0.1) is 7.11 Å². The average molecular weight is 313 g/mol. The van der Waals surface area contributed by atoms with E-state index in [0.29, 0.717) is 5.02 Å². The number of amides is 1. The van der Waals surface area contributed by atoms with Gasteiger partial charge in [-0.05, 0) is 18.2 Å². The van der Waals surface area contributed by atoms with Crippen LogP contribution in [0.15, 0.2) is 18.2 Å². The van der Waals surface area contributed by atoms with Crippen molar-refractivity contribution in [3.05, 3.63) is 28.8 Å². The molecule has 0 radical (unpaired) electrons. The lowest BCUT2D eigenvalue weighted by molar-refractivity contribution is -0.136. The minimum Gasteiger partial charge on any atom is -0.496 e. The molecule has 0 aliphatic carbocycles. The molecule has 0 saturated carbocycles. The van der Waals surface area contributed by atoms with Gasteiger partial charge in [-0.25, -0.2) is 0 Å². The van der Waals surface area contributed by atoms with Gasteiger partial charge >= 0.3 is 0 Å². The predicted octanol–water partition coefficient (Wildman–Crippen LogP) is 1.64. The Balaban J connectivity index is 1.92. The maximum Gasteiger partial charge on any atom is 0.248 e. The fourth-order valence-electron chi connectivity index (χ4n) is 2.48. The SMILES string of the molecule is COCC(=O)N1CCN(Cc2cc(Cl)ccc2OC)CC1. The van der Waals surface area contributed by atoms with Gasteiger partial charge in [0.2, 0.25) is 5.91 Å². The molecule has 0 atom stereocenters. The van der Waals surface area contributed by atoms with E-state index in [9.17, 15) is 4.79 Å². The third-order valence-electron chi connectivity index (χ3n) is 3.63. The standard InChI is InChI=1S/C15H21ClN2O3/c1-20-11-15(19)18-7-5-17(6-8-18)10-12-9-13(16)3-4-14(12)21-2/h3-4,9H,5-8,10-11H2,1-2H3. The van der Waals surface area contributed by atoms with E-state index in [1.165, 1.54) is 0 Å². The summed E-state index contributed by atoms with van der Waals surface area (Å²) in [5, 5.41) is 0.708. The van der Waals surface area contributed by atoms with Gasteiger partial charge in [0.15, 0.2) is 0 Å². The van der Waals surface area contributed by atoms with Crippen molar-refractivity contribution in [2.75, 3.05) is 47.0 Å². The predicted molar refractivity (Wildman–Crippen MR) is 81.7 cm³/mol. The lowest BCUT2D eigenvalue weighted by Gasteiger charge is -2.34. The minimum atomic E-state index is 0.0532. The van der Waals surface area contributed by atoms with Crippen molar-refractivity contribution in [2.24, 2.45) is 0 Å². The number of hydrogen-bond donors (Lipinski definition) is 0. The lowest BCUT2D eigenvalue weighted by Crippen LogP contribution is -2.49. The molecule has 5 nitrogen and oxygen atoms in total. The Morgan fingerprint density at radius 2 is 1.95 bits per heavy atom. The quantitative estimate of drug-likeness (QED) is 0.829. The Bertz CT molecular complexity index is 488. The normalized spacial score (nSPS) is 16.0. The molecular formula is C15H21ClN2O3. The summed E-state index contributed by atoms with van der Waals surface area (Å²) in [4.78, 5) is 15.9. The van der Waals surface area contributed by atoms with E-state index in [1.54, 1.807) is 14.2 Å². The molecule has 1 fully saturated rings. The molecule has 0 spiro atoms. The van der Waals surface area contributed by atoms with E-state index >= 15 is 0 Å². The maximum atomic E-state index is 11.8. The van der Waals surface area contributed by atoms with Crippen LogP contribution >= 0.6 is 11.6 Å². The molecule has 21 heavy (non-hydrogen) atoms. The van der Waals surface area contributed by atoms with Crippen LogP contribution in [-0.4, -0.2) is 62.7 Å². The Morgan fingerprint density at radius 3 is 2.57 bits per heavy atom. The van der Waals surface area contributed by atoms with Crippen LogP contribution in [0.3, 0.4) is 0 Å². The van der Waals surface area contributed by atoms with Crippen molar-refractivity contribution in [3.63, 3.8) is 0 Å². The van der Waals surface area contributed by atoms with E-state index in [2.05, 4.69) is 4.90 Å². The number of carbonyl (C=O) groups is 1. The molecule has 0 unspecified atom stereocenters. The van der Waals surface area contributed by atoms with Crippen LogP contribution in [0.2, 0.25) is 5.02 Å². The van der Waals surface area contributed by atoms with Crippen LogP contribution in [0, 0.1) is 0 Å². The van der Waals surface area contributed by atoms with E-state index < -0.39 is 0 Å². The first-order valence-electron chi connectivity index (χ1n) is 6.95. The van der Waals surface area contributed by atoms with Crippen molar-refractivity contribution >= 4 is 17.5 Å². The Morgan fingerprint density at radius 1 is 1.24 bits per heavy atom. The highest BCUT2D eigenvalue weighted by Gasteiger charge is 2.21. The van der Waals surface area contributed by atoms with Gasteiger partial charge in [-0.1, -0.05) is 11.6 Å². The second-order valence-corrected chi connectivity index (χ2v) is 5.48. The number of piperazine rings is 1. The summed E-state index contributed by atoms with van der Waals surface area (Å²) >= 11 is 6.05. The van der Waals surface area contributed by atoms with Crippen molar-refractivity contribution in [2.45, 2.75) is 6.54 Å². The molecule has 1 amide bonds. The molecule has 0 bridgehead atoms. The molecule has 1 aliphatic rings. The molecule has 116 valence electrons. The molecular weight excluding hydrogens is 292 g/mol. The van der Waals surface area contributed by atoms with E-state index in [-0.39, 0.29) is 12.5 Å². The van der Waals surface area contributed by atoms with Crippen molar-refractivity contribution < 1.29 is 14.3 Å². The number of benzene rings is 1. The Labute approximate surface area is 130 Å². The molecule has 1 aromatic rings. The molecule has 1 aromatic carbocycles. The van der Waals surface area contributed by atoms with E-state index in [1.807, 2.05) is 23.1 Å². The zero-order valence-corrected chi connectivity index (χ0v) is 13.2. The van der Waals surface area contributed by atoms with Crippen LogP contribution in [0.5, 0.6) is 5.75 Å². The largest absolute Gasteiger partial charge is 0.496 e. The number of nitrogens with zero attached hydrogens (tertiary/aromatic N) is 2. The van der Waals surface area contributed by atoms with Crippen molar-refractivity contribution in [1.29, 1.82) is 0 Å². The van der Waals surface area contributed by atoms with Gasteiger partial charge in [0.25, 0.3) is 0 Å². The van der Waals surface area contributed by atoms with Gasteiger partial charge in [-0.2, -0.15) is 0 Å². The summed E-state index contributed by atoms with van der Waals surface area (Å²) in [7, 11) is 3.20. The number of ether oxygens (including phenoxy) is 2. The third-order valence-corrected chi connectivity index (χ3v) is 3.86. The second kappa shape index (κ2) is 7.64. The second-order valence-electron chi connectivity index (χ2n) is 5.05. The summed E-state index contributed by atoms with van der Waals surface area (Å²) in [5.74, 6) is 0.898. The summed E-state index contributed by atoms with van der Waals surface area (Å²) in [6, 6.07) is 5.64. The molecule has 0 N–H and O–H groups in total. The number of carbonyl (C=O) groups excluding carboxylic acids is 1. The zero-order valence-electron chi connectivity index (χ0n) is 12.5. The van der Waals surface area contributed by atoms with E-state index in [4.69, 9.17) is 21.1 Å². The van der Waals surface area contributed by atoms with E-state index in [0.717, 1.165) is 44.0 Å². The van der Waals surface area contributed by atoms with Gasteiger partial charge < -0.3 is 14.4 Å². The monoisotopic (exact) mass is 312 g/mol. The average Bonchev–Trinajstić information content (AvgIpc) is 2.48. The Kier molecular flexibility index (Phi) is 5.85. The van der Waals surface area contributed by atoms with Crippen molar-refractivity contribution in [1.82, 2.24) is 9.80 Å². The first-order valence-corrected chi connectivity index (χ1v) is 7.33. The number of hydrogen-bond acceptors (Lipinski definition) is 4. The molecule has 6 heteroatoms. The van der Waals surface area contributed by atoms with Gasteiger partial charge in [-0.3, -0.25) is 9.69 Å². The summed E-state index contributed by atoms with van der Waals surface area (Å²) in [6.45, 7) is 4.06. The highest BCUT2D eigenvalue weighted by molar-refractivity contribution is 6.30. The highest BCUT2D eigenvalue weighted by atomic mass is 35.5. The van der Waals surface area contributed by atoms with Crippen LogP contribution in [-0.2, 0) is 16.1 Å². The van der Waals surface area contributed by atoms with Crippen LogP contribution in [0.1, 0.15) is 5.56 Å². The smallest absolute Gasteiger partial charge is 0.248 e. The molecule has 2 rings (SSSR count). The fraction of sp³-hybridized carbons (Fsp3) is 0.533. The number of rotatable bonds is 5. The van der Waals surface area contributed by atoms with Gasteiger partial charge in [0, 0.05) is 50.4 Å². The van der Waals surface area contributed by atoms with Gasteiger partial charge in [-0.15, -0.1) is 0 Å². The topological polar surface area (TPSA) is 42.0 Å². The lowest BCUT2D eigenvalue weighted by atomic mass is 10.1. The summed E-state index contributed by atoms with van der Waals surface area (Å²) in [5.41, 5.74) is 1.07. The first kappa shape index (κ1) is 16.1. The van der Waals surface area contributed by atoms with Gasteiger partial charge in [0.1, 0.15) is 12.4 Å². The molecule has 1 aliphatic heterocycles. The summed E-state index contributed by atoms with van der Waals surface area (Å²) in [6.07, 6.45) is 0. The molecule has 1 saturated heterocycles. The minimum absolute atomic E-state index is 0.0532. The maximum absolute atomic E-state index is 11.8. The first-order chi connectivity index (χ1) is 10.1. The fourth-order valence-corrected chi connectivity index (χ4v) is 2.68. The Hall–Kier alpha value is -1.30. The zero-order chi connectivity index (χ0) is 15.2. The number of methoxy groups -OCH3 is 2. The molecule has 0 aromatic heterocycles. The third kappa shape index (κ3) is 4.33. The highest BCUT2D eigenvalue weighted by Crippen LogP contribution is 2.24. The van der Waals surface area contributed by atoms with Crippen LogP contribution in [0.25, 0.3) is 0 Å². The molecule has 1 heterocycles. The van der Waals surface area contributed by atoms with Crippen molar-refractivity contribution in [3.8, 4) is 5.75 Å². The van der Waals surface area contributed by atoms with Crippen LogP contribution in [0.4, 0.5) is 0 Å². The number of halogens is 1.